The van der Waals surface area contributed by atoms with Crippen LogP contribution in [0.3, 0.4) is 0 Å². The average Bonchev–Trinajstić information content (AvgIpc) is 2.83. The second kappa shape index (κ2) is 10.8. The van der Waals surface area contributed by atoms with E-state index < -0.39 is 0 Å². The first kappa shape index (κ1) is 22.6. The number of rotatable bonds is 8. The molecular formula is C26H35N3O3. The summed E-state index contributed by atoms with van der Waals surface area (Å²) in [6, 6.07) is 14.9. The smallest absolute Gasteiger partial charge is 0.224 e. The van der Waals surface area contributed by atoms with Crippen LogP contribution in [0.2, 0.25) is 0 Å². The van der Waals surface area contributed by atoms with Crippen LogP contribution in [0, 0.1) is 0 Å². The van der Waals surface area contributed by atoms with E-state index in [1.165, 1.54) is 16.8 Å². The summed E-state index contributed by atoms with van der Waals surface area (Å²) >= 11 is 0. The van der Waals surface area contributed by atoms with Crippen molar-refractivity contribution in [2.75, 3.05) is 57.9 Å². The number of nitrogens with zero attached hydrogens (tertiary/aromatic N) is 2. The Labute approximate surface area is 191 Å². The zero-order chi connectivity index (χ0) is 22.3. The molecule has 2 aliphatic heterocycles. The van der Waals surface area contributed by atoms with Crippen molar-refractivity contribution in [3.8, 4) is 5.75 Å². The van der Waals surface area contributed by atoms with E-state index in [1.807, 2.05) is 6.92 Å². The Kier molecular flexibility index (Phi) is 7.66. The van der Waals surface area contributed by atoms with Crippen LogP contribution in [0.5, 0.6) is 5.75 Å². The number of amides is 1. The molecule has 1 saturated heterocycles. The number of anilines is 1. The van der Waals surface area contributed by atoms with Gasteiger partial charge in [-0.15, -0.1) is 0 Å². The van der Waals surface area contributed by atoms with Crippen molar-refractivity contribution in [1.82, 2.24) is 10.2 Å². The molecule has 0 bridgehead atoms. The predicted molar refractivity (Wildman–Crippen MR) is 127 cm³/mol. The molecule has 1 fully saturated rings. The molecule has 6 nitrogen and oxygen atoms in total. The maximum absolute atomic E-state index is 11.7. The lowest BCUT2D eigenvalue weighted by molar-refractivity contribution is -0.119. The number of carbonyl (C=O) groups excluding carboxylic acids is 1. The van der Waals surface area contributed by atoms with Crippen molar-refractivity contribution in [1.29, 1.82) is 0 Å². The third-order valence-corrected chi connectivity index (χ3v) is 6.48. The van der Waals surface area contributed by atoms with Gasteiger partial charge in [0.15, 0.2) is 0 Å². The van der Waals surface area contributed by atoms with Gasteiger partial charge in [0, 0.05) is 45.5 Å². The summed E-state index contributed by atoms with van der Waals surface area (Å²) < 4.78 is 11.7. The van der Waals surface area contributed by atoms with E-state index >= 15 is 0 Å². The topological polar surface area (TPSA) is 54.0 Å². The van der Waals surface area contributed by atoms with Gasteiger partial charge in [0.05, 0.1) is 25.7 Å². The third kappa shape index (κ3) is 5.61. The molecule has 0 saturated carbocycles. The van der Waals surface area contributed by atoms with Gasteiger partial charge in [-0.2, -0.15) is 0 Å². The summed E-state index contributed by atoms with van der Waals surface area (Å²) in [5.74, 6) is 0.987. The minimum absolute atomic E-state index is 0.0536. The number of likely N-dealkylation sites (N-methyl/N-ethyl adjacent to an activating group) is 1. The minimum Gasteiger partial charge on any atom is -0.494 e. The SMILES string of the molecule is CCOc1ccc(N2CCN(CC[C@H]3OCCc4cc(CC(=O)NC)ccc43)CC2)cc1. The second-order valence-electron chi connectivity index (χ2n) is 8.54. The zero-order valence-electron chi connectivity index (χ0n) is 19.3. The van der Waals surface area contributed by atoms with Crippen LogP contribution in [0.4, 0.5) is 5.69 Å². The molecule has 172 valence electrons. The Morgan fingerprint density at radius 3 is 2.62 bits per heavy atom. The van der Waals surface area contributed by atoms with Crippen molar-refractivity contribution in [2.24, 2.45) is 0 Å². The molecule has 6 heteroatoms. The third-order valence-electron chi connectivity index (χ3n) is 6.48. The molecular weight excluding hydrogens is 402 g/mol. The van der Waals surface area contributed by atoms with Crippen molar-refractivity contribution in [3.05, 3.63) is 59.2 Å². The Bertz CT molecular complexity index is 892. The first-order valence-corrected chi connectivity index (χ1v) is 11.8. The molecule has 1 N–H and O–H groups in total. The highest BCUT2D eigenvalue weighted by Crippen LogP contribution is 2.31. The van der Waals surface area contributed by atoms with Gasteiger partial charge in [-0.25, -0.2) is 0 Å². The van der Waals surface area contributed by atoms with E-state index in [0.29, 0.717) is 13.0 Å². The Morgan fingerprint density at radius 2 is 1.91 bits per heavy atom. The highest BCUT2D eigenvalue weighted by molar-refractivity contribution is 5.78. The van der Waals surface area contributed by atoms with E-state index in [-0.39, 0.29) is 12.0 Å². The van der Waals surface area contributed by atoms with Gasteiger partial charge in [-0.1, -0.05) is 18.2 Å². The van der Waals surface area contributed by atoms with Crippen LogP contribution in [0.1, 0.15) is 36.1 Å². The van der Waals surface area contributed by atoms with Gasteiger partial charge in [0.25, 0.3) is 0 Å². The number of nitrogens with one attached hydrogen (secondary N) is 1. The van der Waals surface area contributed by atoms with E-state index in [0.717, 1.165) is 63.5 Å². The van der Waals surface area contributed by atoms with Gasteiger partial charge < -0.3 is 19.7 Å². The molecule has 0 unspecified atom stereocenters. The Morgan fingerprint density at radius 1 is 1.12 bits per heavy atom. The van der Waals surface area contributed by atoms with Gasteiger partial charge in [0.1, 0.15) is 5.75 Å². The highest BCUT2D eigenvalue weighted by atomic mass is 16.5. The molecule has 4 rings (SSSR count). The summed E-state index contributed by atoms with van der Waals surface area (Å²) in [5, 5.41) is 2.70. The first-order valence-electron chi connectivity index (χ1n) is 11.8. The maximum Gasteiger partial charge on any atom is 0.224 e. The Balaban J connectivity index is 1.27. The van der Waals surface area contributed by atoms with Crippen molar-refractivity contribution in [3.63, 3.8) is 0 Å². The molecule has 1 amide bonds. The quantitative estimate of drug-likeness (QED) is 0.687. The fourth-order valence-corrected chi connectivity index (χ4v) is 4.66. The normalized spacial score (nSPS) is 18.8. The highest BCUT2D eigenvalue weighted by Gasteiger charge is 2.24. The Hall–Kier alpha value is -2.57. The number of benzene rings is 2. The maximum atomic E-state index is 11.7. The van der Waals surface area contributed by atoms with Crippen LogP contribution in [0.15, 0.2) is 42.5 Å². The summed E-state index contributed by atoms with van der Waals surface area (Å²) in [6.07, 6.45) is 2.52. The van der Waals surface area contributed by atoms with Crippen LogP contribution >= 0.6 is 0 Å². The minimum atomic E-state index is 0.0536. The molecule has 2 aromatic rings. The first-order chi connectivity index (χ1) is 15.7. The van der Waals surface area contributed by atoms with E-state index in [9.17, 15) is 4.79 Å². The standard InChI is InChI=1S/C26H35N3O3/c1-3-31-23-7-5-22(6-8-23)29-15-13-28(14-16-29)12-10-25-24-9-4-20(19-26(30)27-2)18-21(24)11-17-32-25/h4-9,18,25H,3,10-17,19H2,1-2H3,(H,27,30)/t25-/m1/s1. The number of carbonyl (C=O) groups is 1. The molecule has 0 spiro atoms. The van der Waals surface area contributed by atoms with Crippen LogP contribution in [0.25, 0.3) is 0 Å². The average molecular weight is 438 g/mol. The lowest BCUT2D eigenvalue weighted by atomic mass is 9.93. The molecule has 0 aliphatic carbocycles. The summed E-state index contributed by atoms with van der Waals surface area (Å²) in [4.78, 5) is 16.7. The lowest BCUT2D eigenvalue weighted by Crippen LogP contribution is -2.46. The largest absolute Gasteiger partial charge is 0.494 e. The van der Waals surface area contributed by atoms with Gasteiger partial charge in [-0.05, 0) is 60.7 Å². The van der Waals surface area contributed by atoms with E-state index in [1.54, 1.807) is 7.05 Å². The van der Waals surface area contributed by atoms with Crippen LogP contribution < -0.4 is 15.0 Å². The molecule has 2 aliphatic rings. The fourth-order valence-electron chi connectivity index (χ4n) is 4.66. The number of piperazine rings is 1. The van der Waals surface area contributed by atoms with Crippen molar-refractivity contribution in [2.45, 2.75) is 32.3 Å². The number of fused-ring (bicyclic) bond motifs is 1. The number of ether oxygens (including phenoxy) is 2. The van der Waals surface area contributed by atoms with Crippen LogP contribution in [-0.2, 0) is 22.4 Å². The van der Waals surface area contributed by atoms with Crippen molar-refractivity contribution < 1.29 is 14.3 Å². The molecule has 32 heavy (non-hydrogen) atoms. The predicted octanol–water partition coefficient (Wildman–Crippen LogP) is 3.20. The zero-order valence-corrected chi connectivity index (χ0v) is 19.3. The molecule has 0 aromatic heterocycles. The summed E-state index contributed by atoms with van der Waals surface area (Å²) in [7, 11) is 1.68. The lowest BCUT2D eigenvalue weighted by Gasteiger charge is -2.37. The van der Waals surface area contributed by atoms with Gasteiger partial charge in [-0.3, -0.25) is 9.69 Å². The molecule has 2 aromatic carbocycles. The molecule has 2 heterocycles. The van der Waals surface area contributed by atoms with Crippen LogP contribution in [-0.4, -0.2) is 63.8 Å². The number of hydrogen-bond acceptors (Lipinski definition) is 5. The summed E-state index contributed by atoms with van der Waals surface area (Å²) in [5.41, 5.74) is 4.98. The van der Waals surface area contributed by atoms with E-state index in [4.69, 9.17) is 9.47 Å². The monoisotopic (exact) mass is 437 g/mol. The van der Waals surface area contributed by atoms with Gasteiger partial charge >= 0.3 is 0 Å². The summed E-state index contributed by atoms with van der Waals surface area (Å²) in [6.45, 7) is 8.72. The fraction of sp³-hybridized carbons (Fsp3) is 0.500. The number of hydrogen-bond donors (Lipinski definition) is 1. The second-order valence-corrected chi connectivity index (χ2v) is 8.54. The van der Waals surface area contributed by atoms with Gasteiger partial charge in [0.2, 0.25) is 5.91 Å². The van der Waals surface area contributed by atoms with Crippen molar-refractivity contribution >= 4 is 11.6 Å². The molecule has 0 radical (unpaired) electrons. The molecule has 1 atom stereocenters. The van der Waals surface area contributed by atoms with E-state index in [2.05, 4.69) is 57.6 Å².